The van der Waals surface area contributed by atoms with Gasteiger partial charge in [-0.25, -0.2) is 0 Å². The monoisotopic (exact) mass is 469 g/mol. The van der Waals surface area contributed by atoms with Crippen LogP contribution in [0.15, 0.2) is 94.9 Å². The zero-order valence-electron chi connectivity index (χ0n) is 18.8. The number of hydrogen-bond acceptors (Lipinski definition) is 5. The van der Waals surface area contributed by atoms with Gasteiger partial charge in [-0.05, 0) is 23.3 Å². The lowest BCUT2D eigenvalue weighted by Crippen LogP contribution is -2.27. The molecule has 1 atom stereocenters. The van der Waals surface area contributed by atoms with Gasteiger partial charge in [0.1, 0.15) is 5.25 Å². The fraction of sp³-hybridized carbons (Fsp3) is 0.154. The molecule has 7 nitrogen and oxygen atoms in total. The Morgan fingerprint density at radius 3 is 2.26 bits per heavy atom. The van der Waals surface area contributed by atoms with Gasteiger partial charge < -0.3 is 4.90 Å². The van der Waals surface area contributed by atoms with E-state index in [2.05, 4.69) is 10.2 Å². The Hall–Kier alpha value is -3.91. The van der Waals surface area contributed by atoms with Crippen molar-refractivity contribution in [2.45, 2.75) is 17.0 Å². The summed E-state index contributed by atoms with van der Waals surface area (Å²) >= 11 is 1.33. The topological polar surface area (TPSA) is 72.5 Å². The number of hydrogen-bond donors (Lipinski definition) is 0. The van der Waals surface area contributed by atoms with Crippen LogP contribution in [0.4, 0.5) is 0 Å². The summed E-state index contributed by atoms with van der Waals surface area (Å²) in [5, 5.41) is 9.47. The van der Waals surface area contributed by atoms with Gasteiger partial charge in [-0.2, -0.15) is 0 Å². The predicted octanol–water partition coefficient (Wildman–Crippen LogP) is 4.01. The SMILES string of the molecule is CN(C)C(=O)C(Sc1nnc2n(Cc3ccccc3)c(=O)c3ccccc3n12)c1ccccc1. The smallest absolute Gasteiger partial charge is 0.263 e. The first kappa shape index (κ1) is 21.9. The molecule has 0 aliphatic rings. The number of para-hydroxylation sites is 1. The standard InChI is InChI=1S/C26H23N5O2S/c1-29(2)24(33)22(19-13-7-4-8-14-19)34-26-28-27-25-30(17-18-11-5-3-6-12-18)23(32)20-15-9-10-16-21(20)31(25)26/h3-16,22H,17H2,1-2H3. The molecule has 5 rings (SSSR count). The quantitative estimate of drug-likeness (QED) is 0.351. The van der Waals surface area contributed by atoms with E-state index >= 15 is 0 Å². The van der Waals surface area contributed by atoms with Crippen LogP contribution in [-0.2, 0) is 11.3 Å². The number of nitrogens with zero attached hydrogens (tertiary/aromatic N) is 5. The van der Waals surface area contributed by atoms with Crippen LogP contribution in [0.2, 0.25) is 0 Å². The van der Waals surface area contributed by atoms with Crippen LogP contribution in [0.5, 0.6) is 0 Å². The van der Waals surface area contributed by atoms with E-state index in [1.165, 1.54) is 11.8 Å². The van der Waals surface area contributed by atoms with Crippen LogP contribution in [0.1, 0.15) is 16.4 Å². The maximum Gasteiger partial charge on any atom is 0.263 e. The Bertz CT molecular complexity index is 1530. The number of rotatable bonds is 6. The van der Waals surface area contributed by atoms with Crippen molar-refractivity contribution in [2.24, 2.45) is 0 Å². The lowest BCUT2D eigenvalue weighted by Gasteiger charge is -2.20. The van der Waals surface area contributed by atoms with Gasteiger partial charge in [-0.1, -0.05) is 84.6 Å². The van der Waals surface area contributed by atoms with E-state index in [4.69, 9.17) is 0 Å². The van der Waals surface area contributed by atoms with Crippen molar-refractivity contribution in [3.8, 4) is 0 Å². The number of likely N-dealkylation sites (N-methyl/N-ethyl adjacent to an activating group) is 1. The Kier molecular flexibility index (Phi) is 5.90. The van der Waals surface area contributed by atoms with Crippen LogP contribution in [0.3, 0.4) is 0 Å². The highest BCUT2D eigenvalue weighted by Gasteiger charge is 2.27. The zero-order chi connectivity index (χ0) is 23.7. The minimum absolute atomic E-state index is 0.0464. The van der Waals surface area contributed by atoms with E-state index in [-0.39, 0.29) is 11.5 Å². The van der Waals surface area contributed by atoms with Gasteiger partial charge in [0.2, 0.25) is 11.7 Å². The van der Waals surface area contributed by atoms with E-state index in [9.17, 15) is 9.59 Å². The minimum atomic E-state index is -0.503. The molecular formula is C26H23N5O2S. The summed E-state index contributed by atoms with van der Waals surface area (Å²) < 4.78 is 3.52. The van der Waals surface area contributed by atoms with Gasteiger partial charge in [0.15, 0.2) is 5.16 Å². The summed E-state index contributed by atoms with van der Waals surface area (Å²) in [6.07, 6.45) is 0. The summed E-state index contributed by atoms with van der Waals surface area (Å²) in [6, 6.07) is 26.9. The number of carbonyl (C=O) groups is 1. The molecule has 8 heteroatoms. The summed E-state index contributed by atoms with van der Waals surface area (Å²) in [5.74, 6) is 0.397. The second kappa shape index (κ2) is 9.15. The van der Waals surface area contributed by atoms with E-state index in [1.54, 1.807) is 23.6 Å². The third-order valence-corrected chi connectivity index (χ3v) is 6.84. The van der Waals surface area contributed by atoms with Crippen LogP contribution >= 0.6 is 11.8 Å². The number of amides is 1. The molecule has 1 amide bonds. The molecule has 170 valence electrons. The molecule has 2 aromatic heterocycles. The average Bonchev–Trinajstić information content (AvgIpc) is 3.29. The van der Waals surface area contributed by atoms with Crippen molar-refractivity contribution in [1.82, 2.24) is 24.1 Å². The third-order valence-electron chi connectivity index (χ3n) is 5.65. The second-order valence-corrected chi connectivity index (χ2v) is 9.23. The largest absolute Gasteiger partial charge is 0.348 e. The minimum Gasteiger partial charge on any atom is -0.348 e. The summed E-state index contributed by atoms with van der Waals surface area (Å²) in [6.45, 7) is 0.371. The molecule has 0 N–H and O–H groups in total. The lowest BCUT2D eigenvalue weighted by atomic mass is 10.1. The zero-order valence-corrected chi connectivity index (χ0v) is 19.6. The van der Waals surface area contributed by atoms with E-state index in [1.807, 2.05) is 89.3 Å². The Labute approximate surface area is 200 Å². The number of aromatic nitrogens is 4. The molecular weight excluding hydrogens is 446 g/mol. The first-order valence-corrected chi connectivity index (χ1v) is 11.8. The molecule has 0 fully saturated rings. The van der Waals surface area contributed by atoms with Crippen LogP contribution < -0.4 is 5.56 Å². The van der Waals surface area contributed by atoms with Crippen LogP contribution in [-0.4, -0.2) is 44.1 Å². The fourth-order valence-corrected chi connectivity index (χ4v) is 5.14. The van der Waals surface area contributed by atoms with Crippen LogP contribution in [0.25, 0.3) is 16.7 Å². The van der Waals surface area contributed by atoms with Crippen molar-refractivity contribution in [3.05, 3.63) is 106 Å². The first-order valence-electron chi connectivity index (χ1n) is 10.9. The van der Waals surface area contributed by atoms with Gasteiger partial charge in [0.25, 0.3) is 5.56 Å². The molecule has 0 bridgehead atoms. The molecule has 0 radical (unpaired) electrons. The van der Waals surface area contributed by atoms with Gasteiger partial charge in [-0.15, -0.1) is 10.2 Å². The van der Waals surface area contributed by atoms with Crippen molar-refractivity contribution < 1.29 is 4.79 Å². The molecule has 0 saturated heterocycles. The van der Waals surface area contributed by atoms with Crippen LogP contribution in [0, 0.1) is 0 Å². The molecule has 34 heavy (non-hydrogen) atoms. The van der Waals surface area contributed by atoms with E-state index in [0.717, 1.165) is 11.1 Å². The maximum absolute atomic E-state index is 13.4. The molecule has 0 aliphatic heterocycles. The van der Waals surface area contributed by atoms with Crippen molar-refractivity contribution in [1.29, 1.82) is 0 Å². The van der Waals surface area contributed by atoms with Gasteiger partial charge >= 0.3 is 0 Å². The number of fused-ring (bicyclic) bond motifs is 3. The molecule has 3 aromatic carbocycles. The summed E-state index contributed by atoms with van der Waals surface area (Å²) in [7, 11) is 3.49. The highest BCUT2D eigenvalue weighted by Crippen LogP contribution is 2.36. The number of benzene rings is 3. The molecule has 1 unspecified atom stereocenters. The molecule has 2 heterocycles. The van der Waals surface area contributed by atoms with Crippen molar-refractivity contribution in [2.75, 3.05) is 14.1 Å². The molecule has 0 saturated carbocycles. The Morgan fingerprint density at radius 2 is 1.56 bits per heavy atom. The second-order valence-electron chi connectivity index (χ2n) is 8.15. The van der Waals surface area contributed by atoms with Crippen molar-refractivity contribution in [3.63, 3.8) is 0 Å². The van der Waals surface area contributed by atoms with Crippen molar-refractivity contribution >= 4 is 34.3 Å². The average molecular weight is 470 g/mol. The van der Waals surface area contributed by atoms with E-state index in [0.29, 0.717) is 28.4 Å². The highest BCUT2D eigenvalue weighted by atomic mass is 32.2. The highest BCUT2D eigenvalue weighted by molar-refractivity contribution is 8.00. The fourth-order valence-electron chi connectivity index (χ4n) is 3.95. The van der Waals surface area contributed by atoms with E-state index < -0.39 is 5.25 Å². The maximum atomic E-state index is 13.4. The summed E-state index contributed by atoms with van der Waals surface area (Å²) in [4.78, 5) is 28.1. The van der Waals surface area contributed by atoms with Gasteiger partial charge in [0.05, 0.1) is 17.4 Å². The Balaban J connectivity index is 1.70. The predicted molar refractivity (Wildman–Crippen MR) is 134 cm³/mol. The first-order chi connectivity index (χ1) is 16.5. The number of thioether (sulfide) groups is 1. The number of carbonyl (C=O) groups excluding carboxylic acids is 1. The molecule has 5 aromatic rings. The summed E-state index contributed by atoms with van der Waals surface area (Å²) in [5.41, 5.74) is 2.46. The lowest BCUT2D eigenvalue weighted by molar-refractivity contribution is -0.128. The normalized spacial score (nSPS) is 12.2. The molecule has 0 aliphatic carbocycles. The molecule has 0 spiro atoms. The van der Waals surface area contributed by atoms with Gasteiger partial charge in [-0.3, -0.25) is 18.6 Å². The Morgan fingerprint density at radius 1 is 0.912 bits per heavy atom. The third kappa shape index (κ3) is 3.97. The van der Waals surface area contributed by atoms with Gasteiger partial charge in [0, 0.05) is 14.1 Å².